The molecule has 1 unspecified atom stereocenters. The van der Waals surface area contributed by atoms with Gasteiger partial charge in [-0.1, -0.05) is 39.9 Å². The minimum absolute atomic E-state index is 0.840. The van der Waals surface area contributed by atoms with Gasteiger partial charge in [-0.3, -0.25) is 0 Å². The van der Waals surface area contributed by atoms with Gasteiger partial charge < -0.3 is 4.98 Å². The Hall–Kier alpha value is 0.177. The number of hydrogen-bond donors (Lipinski definition) is 1. The Morgan fingerprint density at radius 2 is 1.80 bits per heavy atom. The molecule has 0 bridgehead atoms. The van der Waals surface area contributed by atoms with Crippen LogP contribution < -0.4 is 4.98 Å². The highest BCUT2D eigenvalue weighted by atomic mass is 28.3. The molecule has 2 heteroatoms. The van der Waals surface area contributed by atoms with Gasteiger partial charge in [0.15, 0.2) is 0 Å². The Kier molecular flexibility index (Phi) is 4.21. The van der Waals surface area contributed by atoms with Gasteiger partial charge in [0.1, 0.15) is 8.24 Å². The summed E-state index contributed by atoms with van der Waals surface area (Å²) >= 11 is 0. The van der Waals surface area contributed by atoms with Crippen molar-refractivity contribution in [2.75, 3.05) is 6.54 Å². The summed E-state index contributed by atoms with van der Waals surface area (Å²) in [5, 5.41) is 0. The van der Waals surface area contributed by atoms with Crippen molar-refractivity contribution in [2.45, 2.75) is 39.9 Å². The molecule has 0 rings (SSSR count). The first-order valence-electron chi connectivity index (χ1n) is 4.20. The number of nitrogens with one attached hydrogen (secondary N) is 1. The Morgan fingerprint density at radius 1 is 1.30 bits per heavy atom. The summed E-state index contributed by atoms with van der Waals surface area (Å²) in [7, 11) is -0.986. The standard InChI is InChI=1S/C8H21NSi/c1-6-8(2)7-9-10(3,4)5/h8-9H,6-7H2,1-5H3. The summed E-state index contributed by atoms with van der Waals surface area (Å²) in [6.07, 6.45) is 1.29. The first-order valence-corrected chi connectivity index (χ1v) is 7.70. The molecule has 0 aromatic carbocycles. The molecule has 1 nitrogen and oxygen atoms in total. The SMILES string of the molecule is CCC(C)CN[Si](C)(C)C. The first-order chi connectivity index (χ1) is 4.45. The van der Waals surface area contributed by atoms with Gasteiger partial charge in [-0.2, -0.15) is 0 Å². The normalized spacial score (nSPS) is 15.3. The molecule has 0 radical (unpaired) electrons. The molecule has 0 aromatic rings. The highest BCUT2D eigenvalue weighted by Gasteiger charge is 2.12. The summed E-state index contributed by atoms with van der Waals surface area (Å²) < 4.78 is 0. The lowest BCUT2D eigenvalue weighted by molar-refractivity contribution is 0.549. The van der Waals surface area contributed by atoms with Gasteiger partial charge in [-0.05, 0) is 12.5 Å². The van der Waals surface area contributed by atoms with Crippen LogP contribution in [0.4, 0.5) is 0 Å². The third kappa shape index (κ3) is 6.30. The lowest BCUT2D eigenvalue weighted by atomic mass is 10.1. The van der Waals surface area contributed by atoms with E-state index in [9.17, 15) is 0 Å². The lowest BCUT2D eigenvalue weighted by Gasteiger charge is -2.20. The van der Waals surface area contributed by atoms with Crippen molar-refractivity contribution in [3.63, 3.8) is 0 Å². The smallest absolute Gasteiger partial charge is 0.116 e. The maximum absolute atomic E-state index is 3.61. The van der Waals surface area contributed by atoms with E-state index in [-0.39, 0.29) is 0 Å². The second kappa shape index (κ2) is 4.14. The van der Waals surface area contributed by atoms with E-state index in [0.29, 0.717) is 0 Å². The van der Waals surface area contributed by atoms with Crippen molar-refractivity contribution in [1.82, 2.24) is 4.98 Å². The monoisotopic (exact) mass is 159 g/mol. The molecule has 0 aromatic heterocycles. The summed E-state index contributed by atoms with van der Waals surface area (Å²) in [5.74, 6) is 0.840. The number of rotatable bonds is 4. The van der Waals surface area contributed by atoms with Crippen molar-refractivity contribution in [1.29, 1.82) is 0 Å². The zero-order valence-corrected chi connectivity index (χ0v) is 8.99. The van der Waals surface area contributed by atoms with Crippen LogP contribution in [0, 0.1) is 5.92 Å². The average molecular weight is 159 g/mol. The molecule has 0 fully saturated rings. The predicted molar refractivity (Wildman–Crippen MR) is 50.8 cm³/mol. The summed E-state index contributed by atoms with van der Waals surface area (Å²) in [4.78, 5) is 3.61. The highest BCUT2D eigenvalue weighted by Crippen LogP contribution is 2.01. The van der Waals surface area contributed by atoms with Gasteiger partial charge in [0.05, 0.1) is 0 Å². The quantitative estimate of drug-likeness (QED) is 0.621. The van der Waals surface area contributed by atoms with Crippen LogP contribution in [0.25, 0.3) is 0 Å². The Balaban J connectivity index is 3.36. The molecule has 0 saturated carbocycles. The van der Waals surface area contributed by atoms with Crippen LogP contribution in [0.1, 0.15) is 20.3 Å². The van der Waals surface area contributed by atoms with Gasteiger partial charge in [0, 0.05) is 0 Å². The fraction of sp³-hybridized carbons (Fsp3) is 1.00. The van der Waals surface area contributed by atoms with E-state index in [2.05, 4.69) is 38.5 Å². The molecular weight excluding hydrogens is 138 g/mol. The number of hydrogen-bond acceptors (Lipinski definition) is 1. The molecule has 0 aliphatic carbocycles. The van der Waals surface area contributed by atoms with E-state index in [1.165, 1.54) is 13.0 Å². The summed E-state index contributed by atoms with van der Waals surface area (Å²) in [6, 6.07) is 0. The zero-order valence-electron chi connectivity index (χ0n) is 7.99. The first kappa shape index (κ1) is 10.2. The van der Waals surface area contributed by atoms with Crippen molar-refractivity contribution in [3.05, 3.63) is 0 Å². The van der Waals surface area contributed by atoms with Crippen LogP contribution in [0.5, 0.6) is 0 Å². The molecule has 0 spiro atoms. The van der Waals surface area contributed by atoms with Crippen molar-refractivity contribution < 1.29 is 0 Å². The summed E-state index contributed by atoms with van der Waals surface area (Å²) in [5.41, 5.74) is 0. The largest absolute Gasteiger partial charge is 0.337 e. The molecule has 0 aliphatic rings. The second-order valence-electron chi connectivity index (χ2n) is 4.14. The molecule has 0 amide bonds. The van der Waals surface area contributed by atoms with E-state index in [0.717, 1.165) is 5.92 Å². The molecule has 1 atom stereocenters. The van der Waals surface area contributed by atoms with Gasteiger partial charge in [0.25, 0.3) is 0 Å². The van der Waals surface area contributed by atoms with Gasteiger partial charge >= 0.3 is 0 Å². The maximum atomic E-state index is 3.61. The van der Waals surface area contributed by atoms with Crippen LogP contribution in [0.15, 0.2) is 0 Å². The Bertz CT molecular complexity index is 85.7. The maximum Gasteiger partial charge on any atom is 0.116 e. The molecule has 0 aliphatic heterocycles. The van der Waals surface area contributed by atoms with Crippen LogP contribution in [-0.2, 0) is 0 Å². The van der Waals surface area contributed by atoms with Crippen molar-refractivity contribution >= 4 is 8.24 Å². The molecule has 0 saturated heterocycles. The molecule has 0 heterocycles. The minimum Gasteiger partial charge on any atom is -0.337 e. The van der Waals surface area contributed by atoms with E-state index >= 15 is 0 Å². The van der Waals surface area contributed by atoms with Crippen molar-refractivity contribution in [2.24, 2.45) is 5.92 Å². The van der Waals surface area contributed by atoms with Crippen LogP contribution >= 0.6 is 0 Å². The van der Waals surface area contributed by atoms with Crippen LogP contribution in [0.2, 0.25) is 19.6 Å². The zero-order chi connectivity index (χ0) is 8.20. The van der Waals surface area contributed by atoms with E-state index in [1.807, 2.05) is 0 Å². The van der Waals surface area contributed by atoms with E-state index in [4.69, 9.17) is 0 Å². The highest BCUT2D eigenvalue weighted by molar-refractivity contribution is 6.73. The third-order valence-electron chi connectivity index (χ3n) is 1.68. The van der Waals surface area contributed by atoms with Crippen LogP contribution in [0.3, 0.4) is 0 Å². The third-order valence-corrected chi connectivity index (χ3v) is 2.94. The van der Waals surface area contributed by atoms with E-state index in [1.54, 1.807) is 0 Å². The van der Waals surface area contributed by atoms with Crippen molar-refractivity contribution in [3.8, 4) is 0 Å². The molecule has 62 valence electrons. The predicted octanol–water partition coefficient (Wildman–Crippen LogP) is 2.46. The fourth-order valence-electron chi connectivity index (χ4n) is 0.625. The topological polar surface area (TPSA) is 12.0 Å². The Morgan fingerprint density at radius 3 is 2.10 bits per heavy atom. The molecule has 1 N–H and O–H groups in total. The average Bonchev–Trinajstić information content (AvgIpc) is 1.81. The van der Waals surface area contributed by atoms with Gasteiger partial charge in [0.2, 0.25) is 0 Å². The van der Waals surface area contributed by atoms with E-state index < -0.39 is 8.24 Å². The Labute approximate surface area is 66.3 Å². The van der Waals surface area contributed by atoms with Crippen LogP contribution in [-0.4, -0.2) is 14.8 Å². The van der Waals surface area contributed by atoms with Gasteiger partial charge in [-0.25, -0.2) is 0 Å². The molecule has 10 heavy (non-hydrogen) atoms. The minimum atomic E-state index is -0.986. The lowest BCUT2D eigenvalue weighted by Crippen LogP contribution is -2.43. The molecular formula is C8H21NSi. The summed E-state index contributed by atoms with van der Waals surface area (Å²) in [6.45, 7) is 12.8. The fourth-order valence-corrected chi connectivity index (χ4v) is 1.59. The second-order valence-corrected chi connectivity index (χ2v) is 9.00. The van der Waals surface area contributed by atoms with Gasteiger partial charge in [-0.15, -0.1) is 0 Å².